The predicted molar refractivity (Wildman–Crippen MR) is 119 cm³/mol. The molecule has 2 unspecified atom stereocenters. The third-order valence-corrected chi connectivity index (χ3v) is 7.92. The van der Waals surface area contributed by atoms with Gasteiger partial charge in [0.1, 0.15) is 0 Å². The fourth-order valence-corrected chi connectivity index (χ4v) is 5.93. The molecular weight excluding hydrogens is 462 g/mol. The molecule has 1 aromatic heterocycles. The third kappa shape index (κ3) is 5.19. The van der Waals surface area contributed by atoms with Gasteiger partial charge in [0.25, 0.3) is 15.0 Å². The summed E-state index contributed by atoms with van der Waals surface area (Å²) in [5.41, 5.74) is 0.791. The highest BCUT2D eigenvalue weighted by Gasteiger charge is 2.36. The zero-order valence-electron chi connectivity index (χ0n) is 17.5. The van der Waals surface area contributed by atoms with E-state index in [2.05, 4.69) is 10.00 Å². The Hall–Kier alpha value is -1.34. The second-order valence-corrected chi connectivity index (χ2v) is 10.6. The molecule has 170 valence electrons. The lowest BCUT2D eigenvalue weighted by atomic mass is 10.2. The van der Waals surface area contributed by atoms with E-state index in [4.69, 9.17) is 33.0 Å². The number of nitrogens with zero attached hydrogens (tertiary/aromatic N) is 5. The maximum absolute atomic E-state index is 13.1. The average molecular weight is 488 g/mol. The molecule has 2 atom stereocenters. The van der Waals surface area contributed by atoms with Crippen molar-refractivity contribution < 1.29 is 17.6 Å². The Morgan fingerprint density at radius 1 is 1.06 bits per heavy atom. The number of morpholine rings is 1. The molecule has 2 fully saturated rings. The molecule has 0 spiro atoms. The van der Waals surface area contributed by atoms with Crippen LogP contribution >= 0.6 is 23.8 Å². The van der Waals surface area contributed by atoms with Crippen LogP contribution in [0.1, 0.15) is 13.8 Å². The number of rotatable bonds is 5. The molecule has 4 rings (SSSR count). The highest BCUT2D eigenvalue weighted by Crippen LogP contribution is 2.21. The van der Waals surface area contributed by atoms with Crippen LogP contribution in [-0.2, 0) is 21.6 Å². The van der Waals surface area contributed by atoms with E-state index in [0.717, 1.165) is 5.56 Å². The lowest BCUT2D eigenvalue weighted by molar-refractivity contribution is -0.0458. The van der Waals surface area contributed by atoms with Crippen molar-refractivity contribution in [3.8, 4) is 11.5 Å². The zero-order valence-corrected chi connectivity index (χ0v) is 19.9. The van der Waals surface area contributed by atoms with Gasteiger partial charge in [0.05, 0.1) is 18.9 Å². The lowest BCUT2D eigenvalue weighted by Crippen LogP contribution is -2.57. The Labute approximate surface area is 192 Å². The summed E-state index contributed by atoms with van der Waals surface area (Å²) in [6.45, 7) is 7.00. The number of hydrogen-bond donors (Lipinski definition) is 0. The molecule has 0 amide bonds. The van der Waals surface area contributed by atoms with Gasteiger partial charge in [-0.05, 0) is 50.3 Å². The second kappa shape index (κ2) is 9.26. The molecular formula is C19H26ClN5O4S2. The normalized spacial score (nSPS) is 24.5. The topological polar surface area (TPSA) is 84.1 Å². The molecule has 0 saturated carbocycles. The van der Waals surface area contributed by atoms with Crippen molar-refractivity contribution in [3.63, 3.8) is 0 Å². The molecule has 2 aliphatic rings. The standard InChI is InChI=1S/C19H26ClN5O4S2/c1-14-11-24(12-15(2)28-14)31(26,27)23-9-7-22(8-10-23)13-25-19(30)29-18(21-25)16-3-5-17(20)6-4-16/h3-6,14-15H,7-13H2,1-2H3. The minimum Gasteiger partial charge on any atom is -0.409 e. The van der Waals surface area contributed by atoms with Gasteiger partial charge in [-0.25, -0.2) is 4.68 Å². The molecule has 0 N–H and O–H groups in total. The molecule has 0 aliphatic carbocycles. The van der Waals surface area contributed by atoms with Gasteiger partial charge in [-0.1, -0.05) is 11.6 Å². The second-order valence-electron chi connectivity index (χ2n) is 7.92. The van der Waals surface area contributed by atoms with Crippen molar-refractivity contribution in [2.75, 3.05) is 39.3 Å². The number of halogens is 1. The van der Waals surface area contributed by atoms with Crippen LogP contribution in [0, 0.1) is 4.84 Å². The van der Waals surface area contributed by atoms with Crippen LogP contribution in [0.15, 0.2) is 28.7 Å². The fourth-order valence-electron chi connectivity index (χ4n) is 3.88. The third-order valence-electron chi connectivity index (χ3n) is 5.40. The van der Waals surface area contributed by atoms with Crippen LogP contribution in [-0.4, -0.2) is 83.2 Å². The van der Waals surface area contributed by atoms with Crippen LogP contribution in [0.3, 0.4) is 0 Å². The molecule has 0 bridgehead atoms. The van der Waals surface area contributed by atoms with Gasteiger partial charge in [0.2, 0.25) is 5.89 Å². The smallest absolute Gasteiger partial charge is 0.288 e. The number of piperazine rings is 1. The van der Waals surface area contributed by atoms with Crippen molar-refractivity contribution in [1.82, 2.24) is 23.3 Å². The number of ether oxygens (including phenoxy) is 1. The van der Waals surface area contributed by atoms with Gasteiger partial charge in [0.15, 0.2) is 0 Å². The van der Waals surface area contributed by atoms with Crippen molar-refractivity contribution >= 4 is 34.0 Å². The van der Waals surface area contributed by atoms with Crippen molar-refractivity contribution in [2.45, 2.75) is 32.7 Å². The van der Waals surface area contributed by atoms with Crippen LogP contribution in [0.5, 0.6) is 0 Å². The first kappa shape index (κ1) is 22.8. The SMILES string of the molecule is CC1CN(S(=O)(=O)N2CCN(Cn3nc(-c4ccc(Cl)cc4)oc3=S)CC2)CC(C)O1. The van der Waals surface area contributed by atoms with E-state index in [9.17, 15) is 8.42 Å². The molecule has 0 radical (unpaired) electrons. The highest BCUT2D eigenvalue weighted by molar-refractivity contribution is 7.86. The predicted octanol–water partition coefficient (Wildman–Crippen LogP) is 2.46. The first-order chi connectivity index (χ1) is 14.7. The molecule has 1 aromatic carbocycles. The van der Waals surface area contributed by atoms with Gasteiger partial charge < -0.3 is 9.15 Å². The summed E-state index contributed by atoms with van der Waals surface area (Å²) < 4.78 is 42.1. The van der Waals surface area contributed by atoms with Crippen molar-refractivity contribution in [2.24, 2.45) is 0 Å². The largest absolute Gasteiger partial charge is 0.409 e. The van der Waals surface area contributed by atoms with Crippen LogP contribution in [0.4, 0.5) is 0 Å². The fraction of sp³-hybridized carbons (Fsp3) is 0.579. The molecule has 31 heavy (non-hydrogen) atoms. The molecule has 2 saturated heterocycles. The minimum absolute atomic E-state index is 0.108. The van der Waals surface area contributed by atoms with E-state index < -0.39 is 10.2 Å². The summed E-state index contributed by atoms with van der Waals surface area (Å²) >= 11 is 11.2. The Kier molecular flexibility index (Phi) is 6.82. The Morgan fingerprint density at radius 3 is 2.29 bits per heavy atom. The molecule has 12 heteroatoms. The number of benzene rings is 1. The molecule has 9 nitrogen and oxygen atoms in total. The summed E-state index contributed by atoms with van der Waals surface area (Å²) in [6.07, 6.45) is -0.215. The quantitative estimate of drug-likeness (QED) is 0.599. The first-order valence-electron chi connectivity index (χ1n) is 10.2. The monoisotopic (exact) mass is 487 g/mol. The maximum Gasteiger partial charge on any atom is 0.288 e. The summed E-state index contributed by atoms with van der Waals surface area (Å²) in [5, 5.41) is 5.10. The van der Waals surface area contributed by atoms with Crippen LogP contribution in [0.2, 0.25) is 5.02 Å². The van der Waals surface area contributed by atoms with Crippen LogP contribution < -0.4 is 0 Å². The number of hydrogen-bond acceptors (Lipinski definition) is 7. The van der Waals surface area contributed by atoms with E-state index in [-0.39, 0.29) is 17.0 Å². The lowest BCUT2D eigenvalue weighted by Gasteiger charge is -2.40. The number of aromatic nitrogens is 2. The van der Waals surface area contributed by atoms with Crippen molar-refractivity contribution in [3.05, 3.63) is 34.1 Å². The highest BCUT2D eigenvalue weighted by atomic mass is 35.5. The van der Waals surface area contributed by atoms with Crippen LogP contribution in [0.25, 0.3) is 11.5 Å². The molecule has 2 aromatic rings. The summed E-state index contributed by atoms with van der Waals surface area (Å²) in [6, 6.07) is 7.18. The van der Waals surface area contributed by atoms with E-state index in [0.29, 0.717) is 56.9 Å². The van der Waals surface area contributed by atoms with E-state index in [1.807, 2.05) is 26.0 Å². The van der Waals surface area contributed by atoms with E-state index in [1.165, 1.54) is 4.31 Å². The minimum atomic E-state index is -3.50. The molecule has 3 heterocycles. The van der Waals surface area contributed by atoms with Gasteiger partial charge in [0, 0.05) is 49.9 Å². The van der Waals surface area contributed by atoms with Crippen molar-refractivity contribution in [1.29, 1.82) is 0 Å². The Bertz CT molecular complexity index is 1050. The summed E-state index contributed by atoms with van der Waals surface area (Å²) in [5.74, 6) is 0.429. The van der Waals surface area contributed by atoms with Gasteiger partial charge in [-0.2, -0.15) is 17.0 Å². The van der Waals surface area contributed by atoms with E-state index in [1.54, 1.807) is 21.1 Å². The average Bonchev–Trinajstić information content (AvgIpc) is 3.08. The zero-order chi connectivity index (χ0) is 22.2. The Balaban J connectivity index is 1.37. The van der Waals surface area contributed by atoms with Gasteiger partial charge >= 0.3 is 0 Å². The van der Waals surface area contributed by atoms with E-state index >= 15 is 0 Å². The Morgan fingerprint density at radius 2 is 1.68 bits per heavy atom. The summed E-state index contributed by atoms with van der Waals surface area (Å²) in [4.78, 5) is 2.39. The first-order valence-corrected chi connectivity index (χ1v) is 12.4. The van der Waals surface area contributed by atoms with Gasteiger partial charge in [-0.15, -0.1) is 5.10 Å². The summed E-state index contributed by atoms with van der Waals surface area (Å²) in [7, 11) is -3.50. The van der Waals surface area contributed by atoms with Gasteiger partial charge in [-0.3, -0.25) is 4.90 Å². The molecule has 2 aliphatic heterocycles. The maximum atomic E-state index is 13.1.